The lowest BCUT2D eigenvalue weighted by molar-refractivity contribution is 1.16. The fourth-order valence-electron chi connectivity index (χ4n) is 3.15. The quantitative estimate of drug-likeness (QED) is 0.251. The van der Waals surface area contributed by atoms with Crippen molar-refractivity contribution in [3.8, 4) is 0 Å². The molecule has 0 radical (unpaired) electrons. The van der Waals surface area contributed by atoms with Crippen LogP contribution in [-0.4, -0.2) is 0 Å². The maximum atomic E-state index is 2.19. The molecule has 0 bridgehead atoms. The van der Waals surface area contributed by atoms with Gasteiger partial charge in [0.25, 0.3) is 0 Å². The van der Waals surface area contributed by atoms with Crippen molar-refractivity contribution in [3.63, 3.8) is 0 Å². The van der Waals surface area contributed by atoms with Gasteiger partial charge in [0, 0.05) is 39.8 Å². The molecule has 1 aromatic heterocycles. The summed E-state index contributed by atoms with van der Waals surface area (Å²) in [6.07, 6.45) is 0. The maximum Gasteiger partial charge on any atom is 0.0355 e. The average Bonchev–Trinajstić information content (AvgIpc) is 3.11. The lowest BCUT2D eigenvalue weighted by Gasteiger charge is -2.17. The fraction of sp³-hybridized carbons (Fsp3) is 0. The molecule has 3 heteroatoms. The highest BCUT2D eigenvalue weighted by Crippen LogP contribution is 2.47. The summed E-state index contributed by atoms with van der Waals surface area (Å²) in [5, 5.41) is 2.76. The Morgan fingerprint density at radius 2 is 0.704 bits per heavy atom. The minimum absolute atomic E-state index is 1.37. The van der Waals surface area contributed by atoms with Crippen LogP contribution in [0.3, 0.4) is 0 Å². The van der Waals surface area contributed by atoms with Gasteiger partial charge in [-0.25, -0.2) is 0 Å². The van der Waals surface area contributed by atoms with Gasteiger partial charge in [0.2, 0.25) is 0 Å². The molecule has 2 heterocycles. The Morgan fingerprint density at radius 3 is 1.11 bits per heavy atom. The number of thiophene rings is 1. The highest BCUT2D eigenvalue weighted by molar-refractivity contribution is 8.05. The van der Waals surface area contributed by atoms with Crippen molar-refractivity contribution in [1.29, 1.82) is 0 Å². The van der Waals surface area contributed by atoms with Crippen molar-refractivity contribution in [3.05, 3.63) is 97.1 Å². The molecule has 0 saturated heterocycles. The van der Waals surface area contributed by atoms with Crippen molar-refractivity contribution in [2.75, 3.05) is 0 Å². The van der Waals surface area contributed by atoms with E-state index in [2.05, 4.69) is 97.1 Å². The molecule has 0 nitrogen and oxygen atoms in total. The molecule has 27 heavy (non-hydrogen) atoms. The third-order valence-corrected chi connectivity index (χ3v) is 8.14. The Bertz CT molecular complexity index is 1100. The molecule has 5 aromatic rings. The molecule has 0 unspecified atom stereocenters. The summed E-state index contributed by atoms with van der Waals surface area (Å²) in [7, 11) is 0. The molecule has 0 saturated carbocycles. The molecule has 0 amide bonds. The summed E-state index contributed by atoms with van der Waals surface area (Å²) in [6, 6.07) is 34.2. The zero-order valence-corrected chi connectivity index (χ0v) is 16.9. The van der Waals surface area contributed by atoms with Crippen LogP contribution < -0.4 is 0 Å². The summed E-state index contributed by atoms with van der Waals surface area (Å²) < 4.78 is 2.76. The first-order chi connectivity index (χ1) is 13.4. The number of hydrogen-bond acceptors (Lipinski definition) is 3. The first-order valence-corrected chi connectivity index (χ1v) is 11.2. The molecule has 0 N–H and O–H groups in total. The van der Waals surface area contributed by atoms with Crippen LogP contribution in [0.1, 0.15) is 0 Å². The molecular weight excluding hydrogens is 384 g/mol. The van der Waals surface area contributed by atoms with E-state index in [-0.39, 0.29) is 0 Å². The van der Waals surface area contributed by atoms with Crippen LogP contribution in [0.5, 0.6) is 0 Å². The predicted molar refractivity (Wildman–Crippen MR) is 120 cm³/mol. The van der Waals surface area contributed by atoms with Crippen LogP contribution >= 0.6 is 34.9 Å². The average molecular weight is 401 g/mol. The van der Waals surface area contributed by atoms with Crippen LogP contribution in [-0.2, 0) is 0 Å². The molecule has 6 rings (SSSR count). The Kier molecular flexibility index (Phi) is 4.66. The first kappa shape index (κ1) is 16.9. The van der Waals surface area contributed by atoms with E-state index in [9.17, 15) is 0 Å². The van der Waals surface area contributed by atoms with Crippen molar-refractivity contribution >= 4 is 55.0 Å². The summed E-state index contributed by atoms with van der Waals surface area (Å²) in [4.78, 5) is 5.49. The summed E-state index contributed by atoms with van der Waals surface area (Å²) in [6.45, 7) is 0. The summed E-state index contributed by atoms with van der Waals surface area (Å²) >= 11 is 5.58. The van der Waals surface area contributed by atoms with Crippen molar-refractivity contribution in [2.24, 2.45) is 0 Å². The fourth-order valence-corrected chi connectivity index (χ4v) is 6.49. The number of hydrogen-bond donors (Lipinski definition) is 0. The predicted octanol–water partition coefficient (Wildman–Crippen LogP) is 8.36. The van der Waals surface area contributed by atoms with Gasteiger partial charge in [-0.1, -0.05) is 84.2 Å². The molecule has 0 atom stereocenters. The molecule has 0 aliphatic carbocycles. The minimum atomic E-state index is 1.37. The van der Waals surface area contributed by atoms with E-state index < -0.39 is 0 Å². The second-order valence-corrected chi connectivity index (χ2v) is 9.44. The summed E-state index contributed by atoms with van der Waals surface area (Å²) in [5.41, 5.74) is 0. The van der Waals surface area contributed by atoms with E-state index >= 15 is 0 Å². The van der Waals surface area contributed by atoms with E-state index in [1.807, 2.05) is 34.9 Å². The zero-order chi connectivity index (χ0) is 18.1. The number of rotatable bonds is 0. The monoisotopic (exact) mass is 400 g/mol. The van der Waals surface area contributed by atoms with Gasteiger partial charge in [0.05, 0.1) is 0 Å². The van der Waals surface area contributed by atoms with E-state index in [1.165, 1.54) is 39.8 Å². The topological polar surface area (TPSA) is 0 Å². The second-order valence-electron chi connectivity index (χ2n) is 6.19. The molecule has 1 aliphatic heterocycles. The zero-order valence-electron chi connectivity index (χ0n) is 14.5. The van der Waals surface area contributed by atoms with Crippen LogP contribution in [0.15, 0.2) is 117 Å². The number of fused-ring (bicyclic) bond motifs is 5. The van der Waals surface area contributed by atoms with Gasteiger partial charge >= 0.3 is 0 Å². The Hall–Kier alpha value is -2.20. The molecular formula is C24H16S3. The van der Waals surface area contributed by atoms with Gasteiger partial charge in [-0.05, 0) is 36.4 Å². The van der Waals surface area contributed by atoms with Gasteiger partial charge in [0.1, 0.15) is 0 Å². The lowest BCUT2D eigenvalue weighted by atomic mass is 10.2. The SMILES string of the molecule is c1ccc2c(c1)Sc1ccccc1S2.c1ccc2c(c1)sc1ccccc12. The Labute approximate surface area is 171 Å². The van der Waals surface area contributed by atoms with Gasteiger partial charge in [0.15, 0.2) is 0 Å². The second kappa shape index (κ2) is 7.43. The molecule has 0 fully saturated rings. The largest absolute Gasteiger partial charge is 0.135 e. The smallest absolute Gasteiger partial charge is 0.0355 e. The maximum absolute atomic E-state index is 2.19. The van der Waals surface area contributed by atoms with Gasteiger partial charge in [-0.2, -0.15) is 0 Å². The molecule has 1 aliphatic rings. The van der Waals surface area contributed by atoms with Crippen LogP contribution in [0, 0.1) is 0 Å². The molecule has 0 spiro atoms. The van der Waals surface area contributed by atoms with E-state index in [0.717, 1.165) is 0 Å². The third kappa shape index (κ3) is 3.39. The van der Waals surface area contributed by atoms with Crippen molar-refractivity contribution < 1.29 is 0 Å². The molecule has 4 aromatic carbocycles. The van der Waals surface area contributed by atoms with Gasteiger partial charge < -0.3 is 0 Å². The van der Waals surface area contributed by atoms with E-state index in [0.29, 0.717) is 0 Å². The standard InChI is InChI=1S/C12H8S2.C12H8S/c1-2-6-10-9(5-1)13-11-7-3-4-8-12(11)14-10;1-3-7-11-9(5-1)10-6-2-4-8-12(10)13-11/h1-8H;1-8H. The van der Waals surface area contributed by atoms with Gasteiger partial charge in [-0.15, -0.1) is 11.3 Å². The third-order valence-electron chi connectivity index (χ3n) is 4.42. The first-order valence-electron chi connectivity index (χ1n) is 8.78. The molecule has 130 valence electrons. The highest BCUT2D eigenvalue weighted by atomic mass is 32.2. The summed E-state index contributed by atoms with van der Waals surface area (Å²) in [5.74, 6) is 0. The normalized spacial score (nSPS) is 12.1. The lowest BCUT2D eigenvalue weighted by Crippen LogP contribution is -1.87. The van der Waals surface area contributed by atoms with Crippen LogP contribution in [0.4, 0.5) is 0 Å². The Balaban J connectivity index is 0.000000119. The van der Waals surface area contributed by atoms with Crippen LogP contribution in [0.25, 0.3) is 20.2 Å². The van der Waals surface area contributed by atoms with E-state index in [4.69, 9.17) is 0 Å². The van der Waals surface area contributed by atoms with Crippen molar-refractivity contribution in [1.82, 2.24) is 0 Å². The number of benzene rings is 4. The van der Waals surface area contributed by atoms with Crippen molar-refractivity contribution in [2.45, 2.75) is 19.6 Å². The van der Waals surface area contributed by atoms with E-state index in [1.54, 1.807) is 0 Å². The highest BCUT2D eigenvalue weighted by Gasteiger charge is 2.14. The van der Waals surface area contributed by atoms with Crippen LogP contribution in [0.2, 0.25) is 0 Å². The Morgan fingerprint density at radius 1 is 0.370 bits per heavy atom. The minimum Gasteiger partial charge on any atom is -0.135 e. The van der Waals surface area contributed by atoms with Gasteiger partial charge in [-0.3, -0.25) is 0 Å².